The highest BCUT2D eigenvalue weighted by Gasteiger charge is 2.24. The predicted octanol–water partition coefficient (Wildman–Crippen LogP) is 4.04. The second-order valence-corrected chi connectivity index (χ2v) is 7.92. The van der Waals surface area contributed by atoms with Crippen molar-refractivity contribution in [3.8, 4) is 0 Å². The van der Waals surface area contributed by atoms with Crippen LogP contribution in [-0.4, -0.2) is 47.1 Å². The molecule has 1 atom stereocenters. The number of benzene rings is 1. The highest BCUT2D eigenvalue weighted by molar-refractivity contribution is 6.19. The van der Waals surface area contributed by atoms with Crippen LogP contribution in [0.3, 0.4) is 0 Å². The van der Waals surface area contributed by atoms with Crippen molar-refractivity contribution in [1.29, 1.82) is 0 Å². The first-order valence-corrected chi connectivity index (χ1v) is 10.8. The normalized spacial score (nSPS) is 17.0. The van der Waals surface area contributed by atoms with Gasteiger partial charge in [0.05, 0.1) is 11.3 Å². The van der Waals surface area contributed by atoms with Crippen molar-refractivity contribution in [2.45, 2.75) is 46.0 Å². The van der Waals surface area contributed by atoms with E-state index in [0.29, 0.717) is 40.7 Å². The Kier molecular flexibility index (Phi) is 9.46. The summed E-state index contributed by atoms with van der Waals surface area (Å²) in [6.45, 7) is 6.87. The van der Waals surface area contributed by atoms with Gasteiger partial charge in [-0.15, -0.1) is 0 Å². The number of aldehydes is 1. The summed E-state index contributed by atoms with van der Waals surface area (Å²) >= 11 is 0. The number of hydrogen-bond acceptors (Lipinski definition) is 7. The van der Waals surface area contributed by atoms with E-state index in [1.54, 1.807) is 25.1 Å². The maximum Gasteiger partial charge on any atom is 0.163 e. The molecule has 0 aliphatic carbocycles. The Morgan fingerprint density at radius 3 is 2.59 bits per heavy atom. The van der Waals surface area contributed by atoms with Gasteiger partial charge in [0.15, 0.2) is 5.78 Å². The van der Waals surface area contributed by atoms with E-state index >= 15 is 0 Å². The van der Waals surface area contributed by atoms with Crippen molar-refractivity contribution in [2.24, 2.45) is 5.73 Å². The molecule has 1 unspecified atom stereocenters. The van der Waals surface area contributed by atoms with E-state index in [9.17, 15) is 14.0 Å². The minimum atomic E-state index is -0.337. The molecule has 1 fully saturated rings. The molecule has 3 rings (SSSR count). The number of likely N-dealkylation sites (tertiary alicyclic amines) is 1. The maximum absolute atomic E-state index is 13.6. The molecule has 0 bridgehead atoms. The molecule has 0 radical (unpaired) electrons. The highest BCUT2D eigenvalue weighted by Crippen LogP contribution is 2.28. The molecule has 1 aromatic heterocycles. The summed E-state index contributed by atoms with van der Waals surface area (Å²) in [4.78, 5) is 32.9. The topological polar surface area (TPSA) is 101 Å². The van der Waals surface area contributed by atoms with E-state index in [-0.39, 0.29) is 17.5 Å². The van der Waals surface area contributed by atoms with Crippen molar-refractivity contribution in [3.63, 3.8) is 0 Å². The number of hydrogen-bond donors (Lipinski definition) is 2. The fraction of sp³-hybridized carbons (Fsp3) is 0.417. The van der Waals surface area contributed by atoms with E-state index < -0.39 is 0 Å². The number of piperidine rings is 1. The molecule has 32 heavy (non-hydrogen) atoms. The van der Waals surface area contributed by atoms with Crippen LogP contribution < -0.4 is 11.1 Å². The molecule has 1 aliphatic heterocycles. The van der Waals surface area contributed by atoms with Gasteiger partial charge in [0.1, 0.15) is 23.7 Å². The van der Waals surface area contributed by atoms with E-state index in [1.165, 1.54) is 19.1 Å². The lowest BCUT2D eigenvalue weighted by molar-refractivity contribution is -0.112. The van der Waals surface area contributed by atoms with Gasteiger partial charge >= 0.3 is 0 Å². The zero-order valence-electron chi connectivity index (χ0n) is 19.2. The molecule has 1 aliphatic rings. The number of anilines is 2. The van der Waals surface area contributed by atoms with Gasteiger partial charge in [-0.25, -0.2) is 14.4 Å². The van der Waals surface area contributed by atoms with Crippen LogP contribution in [0.5, 0.6) is 0 Å². The monoisotopic (exact) mass is 441 g/mol. The third-order valence-electron chi connectivity index (χ3n) is 5.00. The summed E-state index contributed by atoms with van der Waals surface area (Å²) < 4.78 is 13.6. The van der Waals surface area contributed by atoms with Gasteiger partial charge in [-0.3, -0.25) is 4.79 Å². The number of nitrogens with one attached hydrogen (secondary N) is 1. The second-order valence-electron chi connectivity index (χ2n) is 7.92. The number of Topliss-reactive ketones (excluding diaryl/α,β-unsaturated/α-hetero) is 1. The fourth-order valence-corrected chi connectivity index (χ4v) is 3.59. The molecule has 1 aromatic carbocycles. The number of carbonyl (C=O) groups excluding carboxylic acids is 2. The highest BCUT2D eigenvalue weighted by atomic mass is 19.1. The number of aromatic nitrogens is 2. The Morgan fingerprint density at radius 1 is 1.31 bits per heavy atom. The molecule has 0 spiro atoms. The number of halogens is 1. The average Bonchev–Trinajstić information content (AvgIpc) is 2.73. The van der Waals surface area contributed by atoms with Crippen LogP contribution in [0.1, 0.15) is 57.5 Å². The van der Waals surface area contributed by atoms with Gasteiger partial charge in [-0.2, -0.15) is 0 Å². The molecule has 0 saturated carbocycles. The van der Waals surface area contributed by atoms with E-state index in [1.807, 2.05) is 6.92 Å². The maximum atomic E-state index is 13.6. The van der Waals surface area contributed by atoms with Gasteiger partial charge in [0.25, 0.3) is 0 Å². The van der Waals surface area contributed by atoms with Crippen molar-refractivity contribution < 1.29 is 14.0 Å². The molecule has 1 saturated heterocycles. The van der Waals surface area contributed by atoms with E-state index in [0.717, 1.165) is 32.2 Å². The van der Waals surface area contributed by atoms with Gasteiger partial charge in [-0.1, -0.05) is 13.0 Å². The minimum Gasteiger partial charge on any atom is -0.402 e. The summed E-state index contributed by atoms with van der Waals surface area (Å²) in [6, 6.07) is 7.85. The number of ketones is 1. The molecule has 2 aromatic rings. The number of nitrogens with two attached hydrogens (primary N) is 1. The molecular formula is C24H32FN5O2. The summed E-state index contributed by atoms with van der Waals surface area (Å²) in [5.41, 5.74) is 7.83. The number of nitrogens with zero attached hydrogens (tertiary/aromatic N) is 3. The number of allylic oxidation sites excluding steroid dienone is 2. The number of rotatable bonds is 6. The third-order valence-corrected chi connectivity index (χ3v) is 5.00. The van der Waals surface area contributed by atoms with Gasteiger partial charge in [0, 0.05) is 36.3 Å². The number of likely N-dealkylation sites (N-methyl/N-ethyl adjacent to an activating group) is 1. The first-order valence-electron chi connectivity index (χ1n) is 10.8. The standard InChI is InChI=1S/C21H26FN5O.C3H6O/c1-13(23)20(14(2)28)18-11-19(24-17-8-4-7-16(22)10-17)26-21(25-18)15-6-5-9-27(3)12-15;1-2-3-4/h4,7-8,10-11,15H,5-6,9,12,23H2,1-3H3,(H,24,25,26);3H,2H2,1H3/b20-13+;. The summed E-state index contributed by atoms with van der Waals surface area (Å²) in [6.07, 6.45) is 3.56. The van der Waals surface area contributed by atoms with Crippen molar-refractivity contribution >= 4 is 29.1 Å². The molecule has 172 valence electrons. The Bertz CT molecular complexity index is 973. The fourth-order valence-electron chi connectivity index (χ4n) is 3.59. The van der Waals surface area contributed by atoms with Crippen LogP contribution in [0.15, 0.2) is 36.0 Å². The SMILES string of the molecule is CC(=O)/C(=C(/C)N)c1cc(Nc2cccc(F)c2)nc(C2CCCN(C)C2)n1.CCC=O. The van der Waals surface area contributed by atoms with Gasteiger partial charge < -0.3 is 20.7 Å². The van der Waals surface area contributed by atoms with Crippen molar-refractivity contribution in [1.82, 2.24) is 14.9 Å². The molecule has 7 nitrogen and oxygen atoms in total. The molecule has 3 N–H and O–H groups in total. The third kappa shape index (κ3) is 7.23. The average molecular weight is 442 g/mol. The first kappa shape index (κ1) is 25.1. The Balaban J connectivity index is 0.000000837. The van der Waals surface area contributed by atoms with Crippen LogP contribution in [-0.2, 0) is 9.59 Å². The largest absolute Gasteiger partial charge is 0.402 e. The minimum absolute atomic E-state index is 0.151. The van der Waals surface area contributed by atoms with Crippen LogP contribution in [0.25, 0.3) is 5.57 Å². The molecule has 8 heteroatoms. The Hall–Kier alpha value is -3.13. The van der Waals surface area contributed by atoms with Crippen LogP contribution in [0, 0.1) is 5.82 Å². The molecule has 2 heterocycles. The van der Waals surface area contributed by atoms with Gasteiger partial charge in [0.2, 0.25) is 0 Å². The quantitative estimate of drug-likeness (QED) is 0.515. The second kappa shape index (κ2) is 12.0. The zero-order valence-corrected chi connectivity index (χ0v) is 19.2. The van der Waals surface area contributed by atoms with E-state index in [2.05, 4.69) is 27.2 Å². The summed E-state index contributed by atoms with van der Waals surface area (Å²) in [7, 11) is 2.08. The summed E-state index contributed by atoms with van der Waals surface area (Å²) in [5.74, 6) is 0.859. The van der Waals surface area contributed by atoms with E-state index in [4.69, 9.17) is 5.73 Å². The zero-order chi connectivity index (χ0) is 23.7. The van der Waals surface area contributed by atoms with Crippen LogP contribution in [0.2, 0.25) is 0 Å². The number of carbonyl (C=O) groups is 2. The first-order chi connectivity index (χ1) is 15.2. The van der Waals surface area contributed by atoms with Gasteiger partial charge in [-0.05, 0) is 58.5 Å². The lowest BCUT2D eigenvalue weighted by Gasteiger charge is -2.29. The van der Waals surface area contributed by atoms with Crippen LogP contribution >= 0.6 is 0 Å². The van der Waals surface area contributed by atoms with Crippen LogP contribution in [0.4, 0.5) is 15.9 Å². The molecular weight excluding hydrogens is 409 g/mol. The van der Waals surface area contributed by atoms with Crippen molar-refractivity contribution in [3.05, 3.63) is 53.4 Å². The van der Waals surface area contributed by atoms with Crippen molar-refractivity contribution in [2.75, 3.05) is 25.5 Å². The lowest BCUT2D eigenvalue weighted by Crippen LogP contribution is -2.32. The Labute approximate surface area is 188 Å². The Morgan fingerprint density at radius 2 is 2.03 bits per heavy atom. The smallest absolute Gasteiger partial charge is 0.163 e. The lowest BCUT2D eigenvalue weighted by atomic mass is 9.97. The molecule has 0 amide bonds. The predicted molar refractivity (Wildman–Crippen MR) is 125 cm³/mol. The summed E-state index contributed by atoms with van der Waals surface area (Å²) in [5, 5.41) is 3.13.